The summed E-state index contributed by atoms with van der Waals surface area (Å²) in [5.41, 5.74) is 1.51. The normalized spacial score (nSPS) is 11.1. The van der Waals surface area contributed by atoms with Crippen molar-refractivity contribution in [3.05, 3.63) is 74.9 Å². The van der Waals surface area contributed by atoms with Crippen LogP contribution in [0.4, 0.5) is 0 Å². The van der Waals surface area contributed by atoms with Gasteiger partial charge in [0.05, 0.1) is 5.02 Å². The highest BCUT2D eigenvalue weighted by Crippen LogP contribution is 2.32. The van der Waals surface area contributed by atoms with Crippen LogP contribution in [-0.2, 0) is 12.4 Å². The first-order chi connectivity index (χ1) is 14.0. The fraction of sp³-hybridized carbons (Fsp3) is 0.150. The Morgan fingerprint density at radius 2 is 2.03 bits per heavy atom. The molecule has 0 atom stereocenters. The first-order valence-corrected chi connectivity index (χ1v) is 9.94. The molecule has 7 nitrogen and oxygen atoms in total. The molecular formula is C20H15ClN2O5S. The number of halogens is 1. The van der Waals surface area contributed by atoms with Gasteiger partial charge in [-0.2, -0.15) is 0 Å². The van der Waals surface area contributed by atoms with Crippen LogP contribution >= 0.6 is 23.4 Å². The van der Waals surface area contributed by atoms with E-state index in [1.165, 1.54) is 23.9 Å². The van der Waals surface area contributed by atoms with Crippen LogP contribution in [0.1, 0.15) is 17.0 Å². The molecule has 0 radical (unpaired) electrons. The SMILES string of the molecule is Cc1cccc(OCc2nnc(SCc3cc(=O)oc4cc(O)c(Cl)cc34)o2)c1. The second kappa shape index (κ2) is 8.18. The minimum absolute atomic E-state index is 0.151. The number of aromatic nitrogens is 2. The monoisotopic (exact) mass is 430 g/mol. The predicted octanol–water partition coefficient (Wildman–Crippen LogP) is 4.71. The van der Waals surface area contributed by atoms with E-state index in [0.29, 0.717) is 27.8 Å². The molecule has 1 N–H and O–H groups in total. The number of aryl methyl sites for hydroxylation is 1. The third kappa shape index (κ3) is 4.55. The van der Waals surface area contributed by atoms with Crippen molar-refractivity contribution in [3.8, 4) is 11.5 Å². The molecule has 0 fully saturated rings. The summed E-state index contributed by atoms with van der Waals surface area (Å²) in [5, 5.41) is 18.8. The Morgan fingerprint density at radius 3 is 2.86 bits per heavy atom. The molecule has 0 spiro atoms. The quantitative estimate of drug-likeness (QED) is 0.346. The molecule has 29 heavy (non-hydrogen) atoms. The van der Waals surface area contributed by atoms with Crippen molar-refractivity contribution in [2.75, 3.05) is 0 Å². The van der Waals surface area contributed by atoms with E-state index in [9.17, 15) is 9.90 Å². The molecule has 2 heterocycles. The molecule has 0 saturated carbocycles. The summed E-state index contributed by atoms with van der Waals surface area (Å²) in [6, 6.07) is 11.9. The number of hydrogen-bond acceptors (Lipinski definition) is 8. The average Bonchev–Trinajstić information content (AvgIpc) is 3.14. The van der Waals surface area contributed by atoms with Crippen LogP contribution < -0.4 is 10.4 Å². The molecule has 0 aliphatic carbocycles. The predicted molar refractivity (Wildman–Crippen MR) is 109 cm³/mol. The van der Waals surface area contributed by atoms with Crippen molar-refractivity contribution in [3.63, 3.8) is 0 Å². The second-order valence-electron chi connectivity index (χ2n) is 6.25. The van der Waals surface area contributed by atoms with Gasteiger partial charge >= 0.3 is 5.63 Å². The first kappa shape index (κ1) is 19.4. The van der Waals surface area contributed by atoms with Crippen LogP contribution in [-0.4, -0.2) is 15.3 Å². The number of phenols is 1. The number of ether oxygens (including phenoxy) is 1. The van der Waals surface area contributed by atoms with Gasteiger partial charge in [0.1, 0.15) is 17.1 Å². The molecule has 0 aliphatic rings. The minimum atomic E-state index is -0.521. The van der Waals surface area contributed by atoms with Gasteiger partial charge in [0.15, 0.2) is 6.61 Å². The van der Waals surface area contributed by atoms with Gasteiger partial charge in [-0.1, -0.05) is 35.5 Å². The van der Waals surface area contributed by atoms with Crippen molar-refractivity contribution in [2.24, 2.45) is 0 Å². The molecule has 9 heteroatoms. The number of nitrogens with zero attached hydrogens (tertiary/aromatic N) is 2. The third-order valence-electron chi connectivity index (χ3n) is 4.05. The number of rotatable bonds is 6. The minimum Gasteiger partial charge on any atom is -0.506 e. The van der Waals surface area contributed by atoms with E-state index >= 15 is 0 Å². The van der Waals surface area contributed by atoms with Crippen LogP contribution in [0, 0.1) is 6.92 Å². The fourth-order valence-electron chi connectivity index (χ4n) is 2.70. The smallest absolute Gasteiger partial charge is 0.336 e. The van der Waals surface area contributed by atoms with Gasteiger partial charge in [-0.15, -0.1) is 10.2 Å². The maximum atomic E-state index is 11.8. The van der Waals surface area contributed by atoms with E-state index in [2.05, 4.69) is 10.2 Å². The Balaban J connectivity index is 1.46. The molecule has 0 amide bonds. The van der Waals surface area contributed by atoms with Crippen LogP contribution in [0.2, 0.25) is 5.02 Å². The van der Waals surface area contributed by atoms with E-state index < -0.39 is 5.63 Å². The van der Waals surface area contributed by atoms with Gasteiger partial charge in [-0.05, 0) is 36.2 Å². The summed E-state index contributed by atoms with van der Waals surface area (Å²) in [5.74, 6) is 1.30. The van der Waals surface area contributed by atoms with E-state index in [1.54, 1.807) is 6.07 Å². The zero-order valence-electron chi connectivity index (χ0n) is 15.2. The molecular weight excluding hydrogens is 416 g/mol. The summed E-state index contributed by atoms with van der Waals surface area (Å²) in [6.07, 6.45) is 0. The summed E-state index contributed by atoms with van der Waals surface area (Å²) in [4.78, 5) is 11.8. The number of thioether (sulfide) groups is 1. The van der Waals surface area contributed by atoms with Gasteiger partial charge in [-0.3, -0.25) is 0 Å². The highest BCUT2D eigenvalue weighted by Gasteiger charge is 2.13. The molecule has 2 aromatic heterocycles. The number of hydrogen-bond donors (Lipinski definition) is 1. The van der Waals surface area contributed by atoms with Crippen molar-refractivity contribution in [2.45, 2.75) is 24.5 Å². The van der Waals surface area contributed by atoms with Gasteiger partial charge in [0.2, 0.25) is 0 Å². The number of phenolic OH excluding ortho intramolecular Hbond substituents is 1. The lowest BCUT2D eigenvalue weighted by atomic mass is 10.1. The number of fused-ring (bicyclic) bond motifs is 1. The first-order valence-electron chi connectivity index (χ1n) is 8.58. The lowest BCUT2D eigenvalue weighted by Gasteiger charge is -2.05. The fourth-order valence-corrected chi connectivity index (χ4v) is 3.64. The summed E-state index contributed by atoms with van der Waals surface area (Å²) in [6.45, 7) is 2.14. The summed E-state index contributed by atoms with van der Waals surface area (Å²) < 4.78 is 16.4. The largest absolute Gasteiger partial charge is 0.506 e. The topological polar surface area (TPSA) is 98.6 Å². The van der Waals surface area contributed by atoms with Crippen molar-refractivity contribution < 1.29 is 18.7 Å². The van der Waals surface area contributed by atoms with Crippen LogP contribution in [0.25, 0.3) is 11.0 Å². The zero-order chi connectivity index (χ0) is 20.4. The lowest BCUT2D eigenvalue weighted by molar-refractivity contribution is 0.252. The van der Waals surface area contributed by atoms with Crippen LogP contribution in [0.5, 0.6) is 11.5 Å². The van der Waals surface area contributed by atoms with E-state index in [0.717, 1.165) is 11.3 Å². The summed E-state index contributed by atoms with van der Waals surface area (Å²) in [7, 11) is 0. The average molecular weight is 431 g/mol. The van der Waals surface area contributed by atoms with Crippen LogP contribution in [0.15, 0.2) is 61.3 Å². The molecule has 0 unspecified atom stereocenters. The van der Waals surface area contributed by atoms with E-state index in [4.69, 9.17) is 25.2 Å². The van der Waals surface area contributed by atoms with Gasteiger partial charge in [-0.25, -0.2) is 4.79 Å². The van der Waals surface area contributed by atoms with Gasteiger partial charge in [0.25, 0.3) is 11.1 Å². The Morgan fingerprint density at radius 1 is 1.17 bits per heavy atom. The second-order valence-corrected chi connectivity index (χ2v) is 7.58. The van der Waals surface area contributed by atoms with E-state index in [-0.39, 0.29) is 23.0 Å². The van der Waals surface area contributed by atoms with Crippen LogP contribution in [0.3, 0.4) is 0 Å². The maximum Gasteiger partial charge on any atom is 0.336 e. The van der Waals surface area contributed by atoms with Gasteiger partial charge in [0, 0.05) is 23.3 Å². The van der Waals surface area contributed by atoms with E-state index in [1.807, 2.05) is 31.2 Å². The van der Waals surface area contributed by atoms with Crippen molar-refractivity contribution in [1.29, 1.82) is 0 Å². The molecule has 0 saturated heterocycles. The Bertz CT molecular complexity index is 1240. The summed E-state index contributed by atoms with van der Waals surface area (Å²) >= 11 is 7.25. The Labute approximate surface area is 174 Å². The third-order valence-corrected chi connectivity index (χ3v) is 5.22. The molecule has 4 rings (SSSR count). The highest BCUT2D eigenvalue weighted by atomic mass is 35.5. The Hall–Kier alpha value is -2.97. The number of aromatic hydroxyl groups is 1. The molecule has 148 valence electrons. The van der Waals surface area contributed by atoms with Crippen molar-refractivity contribution >= 4 is 34.3 Å². The highest BCUT2D eigenvalue weighted by molar-refractivity contribution is 7.98. The standard InChI is InChI=1S/C20H15ClN2O5S/c1-11-3-2-4-13(5-11)26-9-18-22-23-20(28-18)29-10-12-6-19(25)27-17-8-16(24)15(21)7-14(12)17/h2-8,24H,9-10H2,1H3. The zero-order valence-corrected chi connectivity index (χ0v) is 16.8. The number of benzene rings is 2. The molecule has 0 bridgehead atoms. The molecule has 0 aliphatic heterocycles. The van der Waals surface area contributed by atoms with Gasteiger partial charge < -0.3 is 18.7 Å². The molecule has 4 aromatic rings. The van der Waals surface area contributed by atoms with Crippen molar-refractivity contribution in [1.82, 2.24) is 10.2 Å². The Kier molecular flexibility index (Phi) is 5.46. The lowest BCUT2D eigenvalue weighted by Crippen LogP contribution is -2.00. The maximum absolute atomic E-state index is 11.8. The molecule has 2 aromatic carbocycles.